The molecule has 0 aromatic carbocycles. The summed E-state index contributed by atoms with van der Waals surface area (Å²) in [5.74, 6) is 1.81. The monoisotopic (exact) mass is 228 g/mol. The number of rotatable bonds is 5. The first-order valence-electron chi connectivity index (χ1n) is 5.02. The molecule has 0 bridgehead atoms. The maximum atomic E-state index is 11.0. The number of aliphatic hydroxyl groups excluding tert-OH is 1. The minimum Gasteiger partial charge on any atom is -0.512 e. The zero-order valence-corrected chi connectivity index (χ0v) is 9.63. The lowest BCUT2D eigenvalue weighted by molar-refractivity contribution is -0.139. The van der Waals surface area contributed by atoms with E-state index in [9.17, 15) is 9.90 Å². The van der Waals surface area contributed by atoms with Crippen LogP contribution in [0.15, 0.2) is 24.0 Å². The van der Waals surface area contributed by atoms with Crippen LogP contribution in [0, 0.1) is 5.92 Å². The van der Waals surface area contributed by atoms with E-state index in [4.69, 9.17) is 4.74 Å². The van der Waals surface area contributed by atoms with Gasteiger partial charge >= 0.3 is 5.97 Å². The van der Waals surface area contributed by atoms with Gasteiger partial charge in [-0.1, -0.05) is 12.2 Å². The number of carbonyl (C=O) groups excluding carboxylic acids is 1. The molecular weight excluding hydrogens is 212 g/mol. The van der Waals surface area contributed by atoms with Gasteiger partial charge in [0.15, 0.2) is 0 Å². The largest absolute Gasteiger partial charge is 0.512 e. The molecule has 15 heavy (non-hydrogen) atoms. The van der Waals surface area contributed by atoms with Gasteiger partial charge in [-0.05, 0) is 18.9 Å². The Labute approximate surface area is 94.2 Å². The van der Waals surface area contributed by atoms with Crippen molar-refractivity contribution in [1.82, 2.24) is 0 Å². The van der Waals surface area contributed by atoms with E-state index in [1.807, 2.05) is 6.08 Å². The number of ether oxygens (including phenoxy) is 1. The second-order valence-electron chi connectivity index (χ2n) is 3.33. The molecule has 1 aliphatic rings. The van der Waals surface area contributed by atoms with Crippen LogP contribution in [0.2, 0.25) is 0 Å². The fourth-order valence-electron chi connectivity index (χ4n) is 1.34. The molecule has 0 aromatic heterocycles. The Bertz CT molecular complexity index is 271. The summed E-state index contributed by atoms with van der Waals surface area (Å²) in [6.07, 6.45) is 6.28. The highest BCUT2D eigenvalue weighted by Gasteiger charge is 2.11. The molecule has 0 amide bonds. The number of esters is 1. The summed E-state index contributed by atoms with van der Waals surface area (Å²) >= 11 is 1.55. The maximum Gasteiger partial charge on any atom is 0.315 e. The highest BCUT2D eigenvalue weighted by atomic mass is 32.2. The minimum absolute atomic E-state index is 0.165. The van der Waals surface area contributed by atoms with Crippen LogP contribution >= 0.6 is 11.8 Å². The average Bonchev–Trinajstić information content (AvgIpc) is 2.18. The molecule has 3 nitrogen and oxygen atoms in total. The minimum atomic E-state index is -0.165. The lowest BCUT2D eigenvalue weighted by Gasteiger charge is -2.14. The molecule has 1 rings (SSSR count). The first kappa shape index (κ1) is 12.2. The number of carbonyl (C=O) groups is 1. The van der Waals surface area contributed by atoms with E-state index >= 15 is 0 Å². The van der Waals surface area contributed by atoms with Gasteiger partial charge in [-0.3, -0.25) is 4.79 Å². The van der Waals surface area contributed by atoms with Crippen LogP contribution < -0.4 is 0 Å². The van der Waals surface area contributed by atoms with Crippen LogP contribution in [0.3, 0.4) is 0 Å². The van der Waals surface area contributed by atoms with E-state index in [1.54, 1.807) is 24.8 Å². The normalized spacial score (nSPS) is 19.8. The van der Waals surface area contributed by atoms with Gasteiger partial charge in [0.1, 0.15) is 0 Å². The standard InChI is InChI=1S/C11H16O3S/c1-2-14-11(13)8-15-7-9-4-3-5-10(12)6-9/h3-5,9,12H,2,6-8H2,1H3. The van der Waals surface area contributed by atoms with E-state index in [2.05, 4.69) is 6.08 Å². The smallest absolute Gasteiger partial charge is 0.315 e. The van der Waals surface area contributed by atoms with Crippen molar-refractivity contribution in [3.8, 4) is 0 Å². The summed E-state index contributed by atoms with van der Waals surface area (Å²) < 4.78 is 4.81. The third-order valence-corrected chi connectivity index (χ3v) is 3.10. The summed E-state index contributed by atoms with van der Waals surface area (Å²) in [7, 11) is 0. The fourth-order valence-corrected chi connectivity index (χ4v) is 2.24. The van der Waals surface area contributed by atoms with Crippen LogP contribution in [0.4, 0.5) is 0 Å². The van der Waals surface area contributed by atoms with Crippen molar-refractivity contribution in [2.45, 2.75) is 13.3 Å². The predicted octanol–water partition coefficient (Wildman–Crippen LogP) is 2.30. The molecule has 0 saturated heterocycles. The molecule has 4 heteroatoms. The molecule has 1 aliphatic carbocycles. The number of thioether (sulfide) groups is 1. The van der Waals surface area contributed by atoms with Crippen molar-refractivity contribution >= 4 is 17.7 Å². The first-order valence-corrected chi connectivity index (χ1v) is 6.17. The van der Waals surface area contributed by atoms with Gasteiger partial charge < -0.3 is 9.84 Å². The van der Waals surface area contributed by atoms with Gasteiger partial charge in [0, 0.05) is 12.2 Å². The Hall–Kier alpha value is -0.900. The van der Waals surface area contributed by atoms with Gasteiger partial charge in [0.2, 0.25) is 0 Å². The Morgan fingerprint density at radius 1 is 1.73 bits per heavy atom. The molecule has 0 fully saturated rings. The lowest BCUT2D eigenvalue weighted by atomic mass is 10.0. The molecular formula is C11H16O3S. The second-order valence-corrected chi connectivity index (χ2v) is 4.36. The third kappa shape index (κ3) is 4.93. The number of hydrogen-bond donors (Lipinski definition) is 1. The van der Waals surface area contributed by atoms with Gasteiger partial charge in [0.05, 0.1) is 18.1 Å². The van der Waals surface area contributed by atoms with Gasteiger partial charge in [-0.15, -0.1) is 11.8 Å². The number of allylic oxidation sites excluding steroid dienone is 4. The van der Waals surface area contributed by atoms with Gasteiger partial charge in [-0.2, -0.15) is 0 Å². The second kappa shape index (κ2) is 6.56. The van der Waals surface area contributed by atoms with Crippen molar-refractivity contribution in [2.24, 2.45) is 5.92 Å². The zero-order chi connectivity index (χ0) is 11.1. The molecule has 1 unspecified atom stereocenters. The number of aliphatic hydroxyl groups is 1. The van der Waals surface area contributed by atoms with E-state index in [-0.39, 0.29) is 5.97 Å². The molecule has 84 valence electrons. The van der Waals surface area contributed by atoms with Crippen molar-refractivity contribution in [2.75, 3.05) is 18.1 Å². The molecule has 1 atom stereocenters. The van der Waals surface area contributed by atoms with Gasteiger partial charge in [0.25, 0.3) is 0 Å². The van der Waals surface area contributed by atoms with E-state index in [0.29, 0.717) is 30.5 Å². The predicted molar refractivity (Wildman–Crippen MR) is 61.9 cm³/mol. The molecule has 0 aromatic rings. The quantitative estimate of drug-likeness (QED) is 0.733. The molecule has 1 N–H and O–H groups in total. The van der Waals surface area contributed by atoms with Crippen LogP contribution in [0.5, 0.6) is 0 Å². The Morgan fingerprint density at radius 2 is 2.53 bits per heavy atom. The van der Waals surface area contributed by atoms with Crippen molar-refractivity contribution in [3.63, 3.8) is 0 Å². The Morgan fingerprint density at radius 3 is 3.20 bits per heavy atom. The lowest BCUT2D eigenvalue weighted by Crippen LogP contribution is -2.10. The topological polar surface area (TPSA) is 46.5 Å². The van der Waals surface area contributed by atoms with Gasteiger partial charge in [-0.25, -0.2) is 0 Å². The zero-order valence-electron chi connectivity index (χ0n) is 8.81. The van der Waals surface area contributed by atoms with E-state index in [0.717, 1.165) is 5.75 Å². The molecule has 0 saturated carbocycles. The van der Waals surface area contributed by atoms with E-state index in [1.165, 1.54) is 0 Å². The summed E-state index contributed by atoms with van der Waals surface area (Å²) in [4.78, 5) is 11.0. The Balaban J connectivity index is 2.13. The van der Waals surface area contributed by atoms with Crippen LogP contribution in [0.25, 0.3) is 0 Å². The summed E-state index contributed by atoms with van der Waals surface area (Å²) in [5, 5.41) is 9.28. The summed E-state index contributed by atoms with van der Waals surface area (Å²) in [6, 6.07) is 0. The van der Waals surface area contributed by atoms with Crippen molar-refractivity contribution in [1.29, 1.82) is 0 Å². The van der Waals surface area contributed by atoms with Crippen molar-refractivity contribution < 1.29 is 14.6 Å². The van der Waals surface area contributed by atoms with Crippen LogP contribution in [-0.4, -0.2) is 29.2 Å². The van der Waals surface area contributed by atoms with Crippen molar-refractivity contribution in [3.05, 3.63) is 24.0 Å². The maximum absolute atomic E-state index is 11.0. The Kier molecular flexibility index (Phi) is 5.32. The molecule has 0 heterocycles. The number of hydrogen-bond acceptors (Lipinski definition) is 4. The van der Waals surface area contributed by atoms with Crippen LogP contribution in [0.1, 0.15) is 13.3 Å². The SMILES string of the molecule is CCOC(=O)CSCC1C=CC=C(O)C1. The summed E-state index contributed by atoms with van der Waals surface area (Å²) in [5.41, 5.74) is 0. The molecule has 0 spiro atoms. The van der Waals surface area contributed by atoms with Crippen LogP contribution in [-0.2, 0) is 9.53 Å². The van der Waals surface area contributed by atoms with E-state index < -0.39 is 0 Å². The third-order valence-electron chi connectivity index (χ3n) is 2.00. The first-order chi connectivity index (χ1) is 7.22. The molecule has 0 aliphatic heterocycles. The highest BCUT2D eigenvalue weighted by molar-refractivity contribution is 7.99. The fraction of sp³-hybridized carbons (Fsp3) is 0.545. The summed E-state index contributed by atoms with van der Waals surface area (Å²) in [6.45, 7) is 2.24. The average molecular weight is 228 g/mol. The highest BCUT2D eigenvalue weighted by Crippen LogP contribution is 2.20. The molecule has 0 radical (unpaired) electrons.